The van der Waals surface area contributed by atoms with Crippen LogP contribution in [0.15, 0.2) is 97.1 Å². The van der Waals surface area contributed by atoms with Crippen LogP contribution in [0.5, 0.6) is 0 Å². The van der Waals surface area contributed by atoms with Gasteiger partial charge in [0.2, 0.25) is 0 Å². The van der Waals surface area contributed by atoms with Gasteiger partial charge in [0.05, 0.1) is 0 Å². The van der Waals surface area contributed by atoms with Gasteiger partial charge in [0.1, 0.15) is 0 Å². The first kappa shape index (κ1) is 31.5. The summed E-state index contributed by atoms with van der Waals surface area (Å²) in [4.78, 5) is 0. The van der Waals surface area contributed by atoms with Crippen LogP contribution in [-0.4, -0.2) is 103 Å². The van der Waals surface area contributed by atoms with E-state index in [1.807, 2.05) is 0 Å². The molecule has 0 aromatic heterocycles. The Morgan fingerprint density at radius 3 is 0.537 bits per heavy atom. The number of quaternary nitrogens is 4. The van der Waals surface area contributed by atoms with E-state index in [0.717, 1.165) is 17.9 Å². The van der Waals surface area contributed by atoms with E-state index in [0.29, 0.717) is 0 Å². The molecule has 0 atom stereocenters. The van der Waals surface area contributed by atoms with Crippen molar-refractivity contribution in [1.82, 2.24) is 17.9 Å². The third-order valence-corrected chi connectivity index (χ3v) is 22.0. The first-order chi connectivity index (χ1) is 18.8. The molecule has 0 radical (unpaired) electrons. The van der Waals surface area contributed by atoms with Crippen molar-refractivity contribution in [3.05, 3.63) is 97.1 Å². The topological polar surface area (TPSA) is 0 Å². The van der Waals surface area contributed by atoms with Crippen LogP contribution in [0, 0.1) is 0 Å². The van der Waals surface area contributed by atoms with E-state index in [1.165, 1.54) is 37.1 Å². The van der Waals surface area contributed by atoms with Crippen molar-refractivity contribution in [3.8, 4) is 0 Å². The molecule has 0 amide bonds. The average molecular weight is 660 g/mol. The van der Waals surface area contributed by atoms with Crippen LogP contribution in [-0.2, 0) is 0 Å². The molecule has 5 heteroatoms. The summed E-state index contributed by atoms with van der Waals surface area (Å²) in [5, 5.41) is 0. The maximum atomic E-state index is 2.43. The Hall–Kier alpha value is -2.48. The van der Waals surface area contributed by atoms with E-state index in [4.69, 9.17) is 0 Å². The second kappa shape index (κ2) is 11.0. The first-order valence-corrected chi connectivity index (χ1v) is 20.3. The molecule has 0 saturated carbocycles. The molecule has 4 aromatic carbocycles. The molecule has 41 heavy (non-hydrogen) atoms. The Labute approximate surface area is 253 Å². The fourth-order valence-corrected chi connectivity index (χ4v) is 19.0. The molecule has 0 saturated heterocycles. The number of hydrogen-bond acceptors (Lipinski definition) is 0. The predicted octanol–water partition coefficient (Wildman–Crippen LogP) is 3.85. The van der Waals surface area contributed by atoms with Crippen LogP contribution in [0.25, 0.3) is 0 Å². The van der Waals surface area contributed by atoms with Gasteiger partial charge < -0.3 is 0 Å². The van der Waals surface area contributed by atoms with Crippen LogP contribution in [0.4, 0.5) is 22.7 Å². The summed E-state index contributed by atoms with van der Waals surface area (Å²) in [7, 11) is 26.9. The van der Waals surface area contributed by atoms with Gasteiger partial charge in [-0.15, -0.1) is 0 Å². The monoisotopic (exact) mass is 660 g/mol. The van der Waals surface area contributed by atoms with Crippen molar-refractivity contribution in [2.45, 2.75) is 0 Å². The number of benzene rings is 4. The van der Waals surface area contributed by atoms with E-state index >= 15 is 0 Å². The minimum atomic E-state index is -3.77. The summed E-state index contributed by atoms with van der Waals surface area (Å²) in [6.07, 6.45) is 0. The fraction of sp³-hybridized carbons (Fsp3) is 0.333. The molecule has 0 fully saturated rings. The van der Waals surface area contributed by atoms with Crippen molar-refractivity contribution in [1.29, 1.82) is 0 Å². The number of hydrogen-bond donors (Lipinski definition) is 0. The second-order valence-electron chi connectivity index (χ2n) is 15.0. The zero-order valence-corrected chi connectivity index (χ0v) is 30.4. The number of nitrogens with zero attached hydrogens (tertiary/aromatic N) is 4. The van der Waals surface area contributed by atoms with Gasteiger partial charge in [-0.3, -0.25) is 0 Å². The van der Waals surface area contributed by atoms with Gasteiger partial charge in [-0.1, -0.05) is 0 Å². The predicted molar refractivity (Wildman–Crippen MR) is 188 cm³/mol. The molecule has 4 aromatic rings. The Morgan fingerprint density at radius 1 is 0.268 bits per heavy atom. The number of rotatable bonds is 8. The Kier molecular flexibility index (Phi) is 8.42. The normalized spacial score (nSPS) is 13.4. The molecular weight excluding hydrogens is 607 g/mol. The molecule has 0 bridgehead atoms. The van der Waals surface area contributed by atoms with Gasteiger partial charge in [0.15, 0.2) is 0 Å². The van der Waals surface area contributed by atoms with E-state index in [1.54, 1.807) is 0 Å². The molecule has 4 rings (SSSR count). The van der Waals surface area contributed by atoms with Gasteiger partial charge in [-0.2, -0.15) is 0 Å². The molecular formula is C36H52N4Sn+4. The van der Waals surface area contributed by atoms with Crippen molar-refractivity contribution in [3.63, 3.8) is 0 Å². The maximum absolute atomic E-state index is 3.77. The summed E-state index contributed by atoms with van der Waals surface area (Å²) >= 11 is -3.77. The zero-order chi connectivity index (χ0) is 30.4. The molecule has 0 unspecified atom stereocenters. The third-order valence-electron chi connectivity index (χ3n) is 8.30. The molecule has 0 spiro atoms. The molecule has 4 nitrogen and oxygen atoms in total. The molecule has 0 N–H and O–H groups in total. The molecule has 0 aliphatic rings. The summed E-state index contributed by atoms with van der Waals surface area (Å²) in [6, 6.07) is 38.3. The van der Waals surface area contributed by atoms with Crippen molar-refractivity contribution in [2.24, 2.45) is 0 Å². The Morgan fingerprint density at radius 2 is 0.415 bits per heavy atom. The summed E-state index contributed by atoms with van der Waals surface area (Å²) in [6.45, 7) is 0. The Balaban J connectivity index is 2.09. The van der Waals surface area contributed by atoms with Gasteiger partial charge in [-0.25, -0.2) is 0 Å². The van der Waals surface area contributed by atoms with Crippen LogP contribution < -0.4 is 32.2 Å². The molecule has 0 aliphatic heterocycles. The van der Waals surface area contributed by atoms with Gasteiger partial charge >= 0.3 is 255 Å². The third kappa shape index (κ3) is 6.47. The molecule has 0 heterocycles. The minimum absolute atomic E-state index is 0.803. The molecule has 216 valence electrons. The Bertz CT molecular complexity index is 1220. The SMILES string of the molecule is C[N+](C)(C)c1cc[c]([Sn]([c]2ccc([N+](C)(C)C)cc2)([c]2ccc([N+](C)(C)C)cc2)[c]2ccc([N+](C)(C)C)cc2)cc1. The first-order valence-electron chi connectivity index (χ1n) is 14.5. The molecule has 0 aliphatic carbocycles. The van der Waals surface area contributed by atoms with Crippen LogP contribution in [0.2, 0.25) is 0 Å². The van der Waals surface area contributed by atoms with Gasteiger partial charge in [0, 0.05) is 0 Å². The van der Waals surface area contributed by atoms with E-state index in [2.05, 4.69) is 182 Å². The van der Waals surface area contributed by atoms with Gasteiger partial charge in [-0.05, 0) is 0 Å². The van der Waals surface area contributed by atoms with Crippen LogP contribution in [0.1, 0.15) is 0 Å². The van der Waals surface area contributed by atoms with Crippen LogP contribution in [0.3, 0.4) is 0 Å². The summed E-state index contributed by atoms with van der Waals surface area (Å²) in [5.74, 6) is 0. The fourth-order valence-electron chi connectivity index (χ4n) is 5.63. The van der Waals surface area contributed by atoms with E-state index in [-0.39, 0.29) is 0 Å². The van der Waals surface area contributed by atoms with Crippen molar-refractivity contribution in [2.75, 3.05) is 84.6 Å². The quantitative estimate of drug-likeness (QED) is 0.199. The zero-order valence-electron chi connectivity index (χ0n) is 27.5. The van der Waals surface area contributed by atoms with Gasteiger partial charge in [0.25, 0.3) is 0 Å². The second-order valence-corrected chi connectivity index (χ2v) is 25.9. The van der Waals surface area contributed by atoms with Crippen molar-refractivity contribution < 1.29 is 0 Å². The van der Waals surface area contributed by atoms with E-state index in [9.17, 15) is 0 Å². The van der Waals surface area contributed by atoms with Crippen LogP contribution >= 0.6 is 0 Å². The summed E-state index contributed by atoms with van der Waals surface area (Å²) in [5.41, 5.74) is 5.26. The standard InChI is InChI=1S/4C9H13N.Sn/c4*1-10(2,3)9-7-5-4-6-8-9;/h4*5-8H,1-3H3;/q4*+1;. The van der Waals surface area contributed by atoms with Crippen molar-refractivity contribution >= 4 is 55.4 Å². The average Bonchev–Trinajstić information content (AvgIpc) is 2.88. The van der Waals surface area contributed by atoms with E-state index < -0.39 is 18.4 Å². The summed E-state index contributed by atoms with van der Waals surface area (Å²) < 4.78 is 9.12.